The molecule has 0 aliphatic carbocycles. The van der Waals surface area contributed by atoms with Crippen LogP contribution in [0.1, 0.15) is 30.1 Å². The molecule has 1 saturated heterocycles. The van der Waals surface area contributed by atoms with Gasteiger partial charge >= 0.3 is 5.97 Å². The Hall–Kier alpha value is -3.29. The molecule has 1 fully saturated rings. The van der Waals surface area contributed by atoms with Crippen molar-refractivity contribution in [2.24, 2.45) is 5.92 Å². The normalized spacial score (nSPS) is 17.2. The third kappa shape index (κ3) is 5.40. The van der Waals surface area contributed by atoms with Gasteiger partial charge in [0, 0.05) is 24.3 Å². The maximum absolute atomic E-state index is 13.2. The third-order valence-corrected chi connectivity index (χ3v) is 4.89. The molecule has 2 aromatic rings. The number of hydrogen-bond acceptors (Lipinski definition) is 4. The summed E-state index contributed by atoms with van der Waals surface area (Å²) < 4.78 is 31.6. The van der Waals surface area contributed by atoms with Crippen molar-refractivity contribution >= 4 is 23.5 Å². The molecule has 0 spiro atoms. The molecule has 6 nitrogen and oxygen atoms in total. The van der Waals surface area contributed by atoms with E-state index in [1.54, 1.807) is 0 Å². The SMILES string of the molecule is CC(OC(=O)C1CCCN(C(=O)c2ccc(F)cc2)C1)C(=O)Nc1cccc(F)c1. The Balaban J connectivity index is 1.56. The van der Waals surface area contributed by atoms with Crippen LogP contribution in [0.3, 0.4) is 0 Å². The summed E-state index contributed by atoms with van der Waals surface area (Å²) in [6, 6.07) is 10.6. The Morgan fingerprint density at radius 2 is 1.83 bits per heavy atom. The van der Waals surface area contributed by atoms with E-state index in [9.17, 15) is 23.2 Å². The number of anilines is 1. The van der Waals surface area contributed by atoms with Gasteiger partial charge in [0.15, 0.2) is 6.10 Å². The number of likely N-dealkylation sites (tertiary alicyclic amines) is 1. The first-order valence-corrected chi connectivity index (χ1v) is 9.65. The minimum absolute atomic E-state index is 0.160. The van der Waals surface area contributed by atoms with Crippen molar-refractivity contribution in [2.45, 2.75) is 25.9 Å². The first kappa shape index (κ1) is 21.4. The Morgan fingerprint density at radius 3 is 2.53 bits per heavy atom. The highest BCUT2D eigenvalue weighted by Gasteiger charge is 2.31. The smallest absolute Gasteiger partial charge is 0.311 e. The summed E-state index contributed by atoms with van der Waals surface area (Å²) in [6.45, 7) is 2.07. The van der Waals surface area contributed by atoms with Crippen molar-refractivity contribution in [1.29, 1.82) is 0 Å². The molecular formula is C22H22F2N2O4. The number of nitrogens with one attached hydrogen (secondary N) is 1. The lowest BCUT2D eigenvalue weighted by atomic mass is 9.97. The lowest BCUT2D eigenvalue weighted by Gasteiger charge is -2.32. The van der Waals surface area contributed by atoms with Crippen molar-refractivity contribution in [2.75, 3.05) is 18.4 Å². The van der Waals surface area contributed by atoms with E-state index in [-0.39, 0.29) is 18.1 Å². The fraction of sp³-hybridized carbons (Fsp3) is 0.318. The number of carbonyl (C=O) groups is 3. The minimum Gasteiger partial charge on any atom is -0.452 e. The van der Waals surface area contributed by atoms with Gasteiger partial charge in [0.2, 0.25) is 0 Å². The molecular weight excluding hydrogens is 394 g/mol. The van der Waals surface area contributed by atoms with Crippen molar-refractivity contribution in [3.63, 3.8) is 0 Å². The lowest BCUT2D eigenvalue weighted by Crippen LogP contribution is -2.44. The second-order valence-corrected chi connectivity index (χ2v) is 7.18. The number of benzene rings is 2. The van der Waals surface area contributed by atoms with Gasteiger partial charge in [-0.1, -0.05) is 6.07 Å². The molecule has 1 heterocycles. The van der Waals surface area contributed by atoms with Gasteiger partial charge in [-0.15, -0.1) is 0 Å². The Morgan fingerprint density at radius 1 is 1.10 bits per heavy atom. The molecule has 0 bridgehead atoms. The molecule has 30 heavy (non-hydrogen) atoms. The van der Waals surface area contributed by atoms with Crippen molar-refractivity contribution in [1.82, 2.24) is 4.90 Å². The summed E-state index contributed by atoms with van der Waals surface area (Å²) in [6.07, 6.45) is 0.0600. The maximum atomic E-state index is 13.2. The van der Waals surface area contributed by atoms with Gasteiger partial charge in [-0.2, -0.15) is 0 Å². The van der Waals surface area contributed by atoms with Gasteiger partial charge in [0.05, 0.1) is 5.92 Å². The standard InChI is InChI=1S/C22H22F2N2O4/c1-14(20(27)25-19-6-2-5-18(24)12-19)30-22(29)16-4-3-11-26(13-16)21(28)15-7-9-17(23)10-8-15/h2,5-10,12,14,16H,3-4,11,13H2,1H3,(H,25,27). The summed E-state index contributed by atoms with van der Waals surface area (Å²) in [5.41, 5.74) is 0.602. The van der Waals surface area contributed by atoms with Crippen LogP contribution >= 0.6 is 0 Å². The molecule has 1 N–H and O–H groups in total. The van der Waals surface area contributed by atoms with E-state index in [4.69, 9.17) is 4.74 Å². The fourth-order valence-corrected chi connectivity index (χ4v) is 3.26. The monoisotopic (exact) mass is 416 g/mol. The highest BCUT2D eigenvalue weighted by molar-refractivity contribution is 5.96. The molecule has 158 valence electrons. The number of piperidine rings is 1. The highest BCUT2D eigenvalue weighted by Crippen LogP contribution is 2.21. The minimum atomic E-state index is -1.08. The Bertz CT molecular complexity index is 933. The van der Waals surface area contributed by atoms with E-state index in [1.165, 1.54) is 54.3 Å². The number of nitrogens with zero attached hydrogens (tertiary/aromatic N) is 1. The van der Waals surface area contributed by atoms with E-state index in [0.29, 0.717) is 24.9 Å². The summed E-state index contributed by atoms with van der Waals surface area (Å²) >= 11 is 0. The summed E-state index contributed by atoms with van der Waals surface area (Å²) in [4.78, 5) is 38.9. The zero-order valence-corrected chi connectivity index (χ0v) is 16.4. The molecule has 8 heteroatoms. The predicted octanol–water partition coefficient (Wildman–Crippen LogP) is 3.39. The lowest BCUT2D eigenvalue weighted by molar-refractivity contribution is -0.158. The van der Waals surface area contributed by atoms with E-state index in [2.05, 4.69) is 5.32 Å². The van der Waals surface area contributed by atoms with Gasteiger partial charge in [-0.3, -0.25) is 14.4 Å². The molecule has 3 rings (SSSR count). The second kappa shape index (κ2) is 9.47. The zero-order valence-electron chi connectivity index (χ0n) is 16.4. The average molecular weight is 416 g/mol. The van der Waals surface area contributed by atoms with Crippen LogP contribution < -0.4 is 5.32 Å². The quantitative estimate of drug-likeness (QED) is 0.759. The number of halogens is 2. The van der Waals surface area contributed by atoms with Crippen molar-refractivity contribution in [3.8, 4) is 0 Å². The number of hydrogen-bond donors (Lipinski definition) is 1. The van der Waals surface area contributed by atoms with Crippen molar-refractivity contribution < 1.29 is 27.9 Å². The number of amides is 2. The molecule has 2 amide bonds. The molecule has 1 aliphatic rings. The summed E-state index contributed by atoms with van der Waals surface area (Å²) in [5.74, 6) is -2.93. The van der Waals surface area contributed by atoms with E-state index < -0.39 is 35.5 Å². The van der Waals surface area contributed by atoms with Gasteiger partial charge in [-0.05, 0) is 62.2 Å². The molecule has 0 radical (unpaired) electrons. The van der Waals surface area contributed by atoms with E-state index in [1.807, 2.05) is 0 Å². The molecule has 0 aromatic heterocycles. The topological polar surface area (TPSA) is 75.7 Å². The van der Waals surface area contributed by atoms with E-state index >= 15 is 0 Å². The first-order valence-electron chi connectivity index (χ1n) is 9.65. The van der Waals surface area contributed by atoms with Crippen LogP contribution in [-0.4, -0.2) is 41.9 Å². The Kier molecular flexibility index (Phi) is 6.76. The van der Waals surface area contributed by atoms with Crippen molar-refractivity contribution in [3.05, 3.63) is 65.7 Å². The molecule has 2 atom stereocenters. The number of rotatable bonds is 5. The first-order chi connectivity index (χ1) is 14.3. The second-order valence-electron chi connectivity index (χ2n) is 7.18. The van der Waals surface area contributed by atoms with Crippen LogP contribution in [0.15, 0.2) is 48.5 Å². The third-order valence-electron chi connectivity index (χ3n) is 4.89. The predicted molar refractivity (Wildman–Crippen MR) is 106 cm³/mol. The molecule has 1 aliphatic heterocycles. The van der Waals surface area contributed by atoms with Gasteiger partial charge < -0.3 is 15.0 Å². The van der Waals surface area contributed by atoms with Crippen LogP contribution in [-0.2, 0) is 14.3 Å². The van der Waals surface area contributed by atoms with Gasteiger partial charge in [-0.25, -0.2) is 8.78 Å². The van der Waals surface area contributed by atoms with Gasteiger partial charge in [0.1, 0.15) is 11.6 Å². The highest BCUT2D eigenvalue weighted by atomic mass is 19.1. The molecule has 0 saturated carbocycles. The number of carbonyl (C=O) groups excluding carboxylic acids is 3. The maximum Gasteiger partial charge on any atom is 0.311 e. The number of ether oxygens (including phenoxy) is 1. The zero-order chi connectivity index (χ0) is 21.7. The van der Waals surface area contributed by atoms with Crippen LogP contribution in [0.4, 0.5) is 14.5 Å². The van der Waals surface area contributed by atoms with Crippen LogP contribution in [0, 0.1) is 17.6 Å². The van der Waals surface area contributed by atoms with Crippen LogP contribution in [0.25, 0.3) is 0 Å². The average Bonchev–Trinajstić information content (AvgIpc) is 2.73. The molecule has 2 aromatic carbocycles. The summed E-state index contributed by atoms with van der Waals surface area (Å²) in [5, 5.41) is 2.49. The van der Waals surface area contributed by atoms with Crippen LogP contribution in [0.2, 0.25) is 0 Å². The summed E-state index contributed by atoms with van der Waals surface area (Å²) in [7, 11) is 0. The van der Waals surface area contributed by atoms with Crippen LogP contribution in [0.5, 0.6) is 0 Å². The fourth-order valence-electron chi connectivity index (χ4n) is 3.26. The Labute approximate surface area is 172 Å². The molecule has 2 unspecified atom stereocenters. The van der Waals surface area contributed by atoms with Gasteiger partial charge in [0.25, 0.3) is 11.8 Å². The number of esters is 1. The van der Waals surface area contributed by atoms with E-state index in [0.717, 1.165) is 6.07 Å². The largest absolute Gasteiger partial charge is 0.452 e.